The summed E-state index contributed by atoms with van der Waals surface area (Å²) in [5, 5.41) is 12.9. The predicted octanol–water partition coefficient (Wildman–Crippen LogP) is 6.40. The Labute approximate surface area is 203 Å². The van der Waals surface area contributed by atoms with E-state index in [1.807, 2.05) is 29.7 Å². The molecule has 0 saturated heterocycles. The van der Waals surface area contributed by atoms with E-state index in [-0.39, 0.29) is 17.8 Å². The van der Waals surface area contributed by atoms with Crippen molar-refractivity contribution in [2.45, 2.75) is 24.7 Å². The standard InChI is InChI=1S/C21H19BrCl2N4O2S/c1-3-9-28-20(13(2)30-16-6-4-5-15(23)11-16)26-27-21(28)31-12-19(29)25-18-8-7-14(22)10-17(18)24/h3-8,10-11,13H,1,9,12H2,2H3,(H,25,29). The highest BCUT2D eigenvalue weighted by atomic mass is 79.9. The summed E-state index contributed by atoms with van der Waals surface area (Å²) in [5.41, 5.74) is 0.548. The first-order valence-corrected chi connectivity index (χ1v) is 11.7. The summed E-state index contributed by atoms with van der Waals surface area (Å²) in [6.45, 7) is 6.16. The van der Waals surface area contributed by atoms with Crippen LogP contribution in [0.1, 0.15) is 18.9 Å². The van der Waals surface area contributed by atoms with Crippen molar-refractivity contribution in [1.82, 2.24) is 14.8 Å². The van der Waals surface area contributed by atoms with Crippen LogP contribution >= 0.6 is 50.9 Å². The zero-order chi connectivity index (χ0) is 22.4. The summed E-state index contributed by atoms with van der Waals surface area (Å²) < 4.78 is 8.66. The molecule has 2 aromatic carbocycles. The molecule has 0 aliphatic rings. The Hall–Kier alpha value is -2.00. The largest absolute Gasteiger partial charge is 0.483 e. The number of ether oxygens (including phenoxy) is 1. The Kier molecular flexibility index (Phi) is 8.43. The van der Waals surface area contributed by atoms with Crippen molar-refractivity contribution >= 4 is 62.5 Å². The van der Waals surface area contributed by atoms with Gasteiger partial charge in [0.2, 0.25) is 5.91 Å². The van der Waals surface area contributed by atoms with Crippen LogP contribution in [0.15, 0.2) is 64.7 Å². The molecule has 0 radical (unpaired) electrons. The Morgan fingerprint density at radius 3 is 2.84 bits per heavy atom. The van der Waals surface area contributed by atoms with Crippen molar-refractivity contribution < 1.29 is 9.53 Å². The second-order valence-electron chi connectivity index (χ2n) is 6.42. The van der Waals surface area contributed by atoms with Gasteiger partial charge in [0.1, 0.15) is 5.75 Å². The van der Waals surface area contributed by atoms with E-state index in [4.69, 9.17) is 27.9 Å². The lowest BCUT2D eigenvalue weighted by atomic mass is 10.3. The van der Waals surface area contributed by atoms with Crippen molar-refractivity contribution in [2.75, 3.05) is 11.1 Å². The number of nitrogens with zero attached hydrogens (tertiary/aromatic N) is 3. The highest BCUT2D eigenvalue weighted by Gasteiger charge is 2.20. The van der Waals surface area contributed by atoms with E-state index < -0.39 is 0 Å². The van der Waals surface area contributed by atoms with Crippen LogP contribution in [0.3, 0.4) is 0 Å². The summed E-state index contributed by atoms with van der Waals surface area (Å²) in [4.78, 5) is 12.4. The first-order valence-electron chi connectivity index (χ1n) is 9.21. The molecule has 0 aliphatic heterocycles. The SMILES string of the molecule is C=CCn1c(SCC(=O)Nc2ccc(Br)cc2Cl)nnc1C(C)Oc1cccc(Cl)c1. The lowest BCUT2D eigenvalue weighted by Gasteiger charge is -2.16. The number of anilines is 1. The van der Waals surface area contributed by atoms with Crippen LogP contribution in [0, 0.1) is 0 Å². The molecule has 162 valence electrons. The van der Waals surface area contributed by atoms with Crippen LogP contribution in [0.2, 0.25) is 10.0 Å². The molecule has 0 aliphatic carbocycles. The second-order valence-corrected chi connectivity index (χ2v) is 9.12. The lowest BCUT2D eigenvalue weighted by molar-refractivity contribution is -0.113. The minimum absolute atomic E-state index is 0.144. The van der Waals surface area contributed by atoms with E-state index in [9.17, 15) is 4.79 Å². The van der Waals surface area contributed by atoms with Gasteiger partial charge in [0.25, 0.3) is 0 Å². The number of carbonyl (C=O) groups excluding carboxylic acids is 1. The molecule has 0 fully saturated rings. The molecular weight excluding hydrogens is 523 g/mol. The van der Waals surface area contributed by atoms with Crippen LogP contribution in [0.25, 0.3) is 0 Å². The van der Waals surface area contributed by atoms with Gasteiger partial charge < -0.3 is 10.1 Å². The molecule has 6 nitrogen and oxygen atoms in total. The van der Waals surface area contributed by atoms with E-state index >= 15 is 0 Å². The van der Waals surface area contributed by atoms with Crippen LogP contribution in [-0.4, -0.2) is 26.4 Å². The zero-order valence-electron chi connectivity index (χ0n) is 16.5. The molecule has 1 amide bonds. The van der Waals surface area contributed by atoms with Gasteiger partial charge in [0.15, 0.2) is 17.1 Å². The fourth-order valence-corrected chi connectivity index (χ4v) is 4.37. The third kappa shape index (κ3) is 6.49. The molecule has 10 heteroatoms. The number of carbonyl (C=O) groups is 1. The number of hydrogen-bond donors (Lipinski definition) is 1. The Balaban J connectivity index is 1.68. The van der Waals surface area contributed by atoms with Gasteiger partial charge in [0.05, 0.1) is 16.5 Å². The molecule has 1 aromatic heterocycles. The summed E-state index contributed by atoms with van der Waals surface area (Å²) in [7, 11) is 0. The number of amides is 1. The van der Waals surface area contributed by atoms with Gasteiger partial charge in [-0.2, -0.15) is 0 Å². The predicted molar refractivity (Wildman–Crippen MR) is 129 cm³/mol. The minimum atomic E-state index is -0.379. The lowest BCUT2D eigenvalue weighted by Crippen LogP contribution is -2.15. The van der Waals surface area contributed by atoms with Crippen molar-refractivity contribution in [3.63, 3.8) is 0 Å². The zero-order valence-corrected chi connectivity index (χ0v) is 20.4. The Morgan fingerprint density at radius 2 is 2.13 bits per heavy atom. The molecule has 1 heterocycles. The summed E-state index contributed by atoms with van der Waals surface area (Å²) in [6, 6.07) is 12.4. The van der Waals surface area contributed by atoms with Gasteiger partial charge in [-0.25, -0.2) is 0 Å². The summed E-state index contributed by atoms with van der Waals surface area (Å²) >= 11 is 16.8. The molecule has 3 aromatic rings. The fourth-order valence-electron chi connectivity index (χ4n) is 2.71. The third-order valence-corrected chi connectivity index (χ3v) is 6.08. The maximum atomic E-state index is 12.4. The third-order valence-electron chi connectivity index (χ3n) is 4.07. The molecule has 1 atom stereocenters. The van der Waals surface area contributed by atoms with E-state index in [1.54, 1.807) is 30.3 Å². The number of allylic oxidation sites excluding steroid dienone is 1. The quantitative estimate of drug-likeness (QED) is 0.250. The van der Waals surface area contributed by atoms with E-state index in [0.717, 1.165) is 4.47 Å². The van der Waals surface area contributed by atoms with Gasteiger partial charge in [-0.05, 0) is 43.3 Å². The van der Waals surface area contributed by atoms with Crippen molar-refractivity contribution in [2.24, 2.45) is 0 Å². The molecular formula is C21H19BrCl2N4O2S. The molecule has 31 heavy (non-hydrogen) atoms. The van der Waals surface area contributed by atoms with Gasteiger partial charge in [-0.15, -0.1) is 16.8 Å². The maximum Gasteiger partial charge on any atom is 0.234 e. The van der Waals surface area contributed by atoms with Crippen molar-refractivity contribution in [3.05, 3.63) is 75.5 Å². The number of benzene rings is 2. The topological polar surface area (TPSA) is 69.0 Å². The average Bonchev–Trinajstić information content (AvgIpc) is 3.12. The molecule has 0 bridgehead atoms. The number of hydrogen-bond acceptors (Lipinski definition) is 5. The maximum absolute atomic E-state index is 12.4. The van der Waals surface area contributed by atoms with Gasteiger partial charge in [0, 0.05) is 16.0 Å². The molecule has 0 spiro atoms. The summed E-state index contributed by atoms with van der Waals surface area (Å²) in [5.74, 6) is 1.20. The highest BCUT2D eigenvalue weighted by Crippen LogP contribution is 2.28. The van der Waals surface area contributed by atoms with Crippen LogP contribution in [-0.2, 0) is 11.3 Å². The summed E-state index contributed by atoms with van der Waals surface area (Å²) in [6.07, 6.45) is 1.36. The van der Waals surface area contributed by atoms with Gasteiger partial charge >= 0.3 is 0 Å². The number of nitrogens with one attached hydrogen (secondary N) is 1. The van der Waals surface area contributed by atoms with Gasteiger partial charge in [-0.3, -0.25) is 9.36 Å². The molecule has 0 saturated carbocycles. The smallest absolute Gasteiger partial charge is 0.234 e. The van der Waals surface area contributed by atoms with Crippen molar-refractivity contribution in [1.29, 1.82) is 0 Å². The first kappa shape index (κ1) is 23.7. The van der Waals surface area contributed by atoms with E-state index in [1.165, 1.54) is 11.8 Å². The Morgan fingerprint density at radius 1 is 1.32 bits per heavy atom. The fraction of sp³-hybridized carbons (Fsp3) is 0.190. The number of aromatic nitrogens is 3. The molecule has 1 unspecified atom stereocenters. The molecule has 3 rings (SSSR count). The Bertz CT molecular complexity index is 1090. The number of halogens is 3. The van der Waals surface area contributed by atoms with Crippen LogP contribution < -0.4 is 10.1 Å². The monoisotopic (exact) mass is 540 g/mol. The van der Waals surface area contributed by atoms with E-state index in [2.05, 4.69) is 38.0 Å². The van der Waals surface area contributed by atoms with E-state index in [0.29, 0.717) is 39.0 Å². The van der Waals surface area contributed by atoms with Crippen molar-refractivity contribution in [3.8, 4) is 5.75 Å². The normalized spacial score (nSPS) is 11.7. The van der Waals surface area contributed by atoms with Gasteiger partial charge in [-0.1, -0.05) is 63.0 Å². The molecule has 1 N–H and O–H groups in total. The number of rotatable bonds is 9. The first-order chi connectivity index (χ1) is 14.9. The second kappa shape index (κ2) is 11.0. The highest BCUT2D eigenvalue weighted by molar-refractivity contribution is 9.10. The van der Waals surface area contributed by atoms with Crippen LogP contribution in [0.4, 0.5) is 5.69 Å². The number of thioether (sulfide) groups is 1. The average molecular weight is 542 g/mol. The van der Waals surface area contributed by atoms with Crippen LogP contribution in [0.5, 0.6) is 5.75 Å². The minimum Gasteiger partial charge on any atom is -0.483 e.